The fourth-order valence-electron chi connectivity index (χ4n) is 4.50. The molecular weight excluding hydrogens is 406 g/mol. The Bertz CT molecular complexity index is 1090. The first-order chi connectivity index (χ1) is 14.9. The molecule has 3 heterocycles. The van der Waals surface area contributed by atoms with E-state index in [0.29, 0.717) is 18.4 Å². The quantitative estimate of drug-likeness (QED) is 0.532. The number of carbonyl (C=O) groups excluding carboxylic acids is 1. The van der Waals surface area contributed by atoms with E-state index < -0.39 is 0 Å². The Morgan fingerprint density at radius 3 is 2.77 bits per heavy atom. The van der Waals surface area contributed by atoms with E-state index in [1.807, 2.05) is 49.5 Å². The van der Waals surface area contributed by atoms with E-state index >= 15 is 0 Å². The standard InChI is InChI=1S/C25H31N3O2S/c1-15(2)14-16(3)17-10-12-26-21-22(28(4)5)24(31-23(17)21)25(29)27-19-11-13-30-20-9-7-6-8-18(19)20/h6-10,12,15-16,19H,11,13-14H2,1-5H3,(H,27,29)/t16?,19-/m0/s1. The molecule has 0 fully saturated rings. The van der Waals surface area contributed by atoms with Gasteiger partial charge in [-0.1, -0.05) is 39.0 Å². The Morgan fingerprint density at radius 1 is 1.26 bits per heavy atom. The average Bonchev–Trinajstić information content (AvgIpc) is 3.13. The van der Waals surface area contributed by atoms with Crippen molar-refractivity contribution in [2.24, 2.45) is 5.92 Å². The summed E-state index contributed by atoms with van der Waals surface area (Å²) in [4.78, 5) is 20.9. The monoisotopic (exact) mass is 437 g/mol. The summed E-state index contributed by atoms with van der Waals surface area (Å²) >= 11 is 1.56. The van der Waals surface area contributed by atoms with E-state index in [9.17, 15) is 4.79 Å². The molecule has 3 aromatic rings. The first-order valence-electron chi connectivity index (χ1n) is 11.0. The van der Waals surface area contributed by atoms with E-state index in [-0.39, 0.29) is 11.9 Å². The van der Waals surface area contributed by atoms with E-state index in [1.54, 1.807) is 11.3 Å². The number of thiophene rings is 1. The number of ether oxygens (including phenoxy) is 1. The number of hydrogen-bond acceptors (Lipinski definition) is 5. The molecule has 1 aliphatic rings. The van der Waals surface area contributed by atoms with Crippen LogP contribution in [-0.2, 0) is 0 Å². The highest BCUT2D eigenvalue weighted by molar-refractivity contribution is 7.21. The van der Waals surface area contributed by atoms with Gasteiger partial charge in [0.2, 0.25) is 0 Å². The van der Waals surface area contributed by atoms with E-state index in [1.165, 1.54) is 5.56 Å². The fourth-order valence-corrected chi connectivity index (χ4v) is 5.87. The number of para-hydroxylation sites is 1. The zero-order valence-electron chi connectivity index (χ0n) is 18.9. The first-order valence-corrected chi connectivity index (χ1v) is 11.8. The van der Waals surface area contributed by atoms with Gasteiger partial charge in [-0.3, -0.25) is 9.78 Å². The zero-order valence-corrected chi connectivity index (χ0v) is 19.8. The molecule has 4 rings (SSSR count). The van der Waals surface area contributed by atoms with Crippen molar-refractivity contribution in [3.05, 3.63) is 52.5 Å². The van der Waals surface area contributed by atoms with Crippen LogP contribution in [0.5, 0.6) is 5.75 Å². The number of nitrogens with one attached hydrogen (secondary N) is 1. The number of rotatable bonds is 6. The van der Waals surface area contributed by atoms with Gasteiger partial charge in [0.25, 0.3) is 5.91 Å². The van der Waals surface area contributed by atoms with Crippen LogP contribution in [0.4, 0.5) is 5.69 Å². The predicted octanol–water partition coefficient (Wildman–Crippen LogP) is 5.77. The van der Waals surface area contributed by atoms with Gasteiger partial charge in [0.05, 0.1) is 23.0 Å². The topological polar surface area (TPSA) is 54.5 Å². The zero-order chi connectivity index (χ0) is 22.1. The van der Waals surface area contributed by atoms with Crippen LogP contribution in [0.2, 0.25) is 0 Å². The predicted molar refractivity (Wildman–Crippen MR) is 129 cm³/mol. The van der Waals surface area contributed by atoms with Crippen molar-refractivity contribution in [3.63, 3.8) is 0 Å². The lowest BCUT2D eigenvalue weighted by Gasteiger charge is -2.26. The molecule has 5 nitrogen and oxygen atoms in total. The van der Waals surface area contributed by atoms with Crippen LogP contribution in [0.3, 0.4) is 0 Å². The smallest absolute Gasteiger partial charge is 0.264 e. The number of benzene rings is 1. The molecule has 0 bridgehead atoms. The number of nitrogens with zero attached hydrogens (tertiary/aromatic N) is 2. The molecule has 1 aliphatic heterocycles. The van der Waals surface area contributed by atoms with E-state index in [2.05, 4.69) is 37.1 Å². The molecule has 0 saturated heterocycles. The molecule has 0 saturated carbocycles. The third kappa shape index (κ3) is 4.26. The van der Waals surface area contributed by atoms with Gasteiger partial charge in [0, 0.05) is 32.3 Å². The van der Waals surface area contributed by atoms with Crippen LogP contribution in [0.25, 0.3) is 10.2 Å². The van der Waals surface area contributed by atoms with Gasteiger partial charge < -0.3 is 15.0 Å². The Kier molecular flexibility index (Phi) is 6.19. The second-order valence-electron chi connectivity index (χ2n) is 8.98. The molecule has 31 heavy (non-hydrogen) atoms. The normalized spacial score (nSPS) is 16.6. The van der Waals surface area contributed by atoms with Gasteiger partial charge in [-0.05, 0) is 36.0 Å². The Balaban J connectivity index is 1.72. The largest absolute Gasteiger partial charge is 0.493 e. The summed E-state index contributed by atoms with van der Waals surface area (Å²) in [5, 5.41) is 3.27. The van der Waals surface area contributed by atoms with Gasteiger partial charge in [0.1, 0.15) is 16.1 Å². The Morgan fingerprint density at radius 2 is 2.03 bits per heavy atom. The van der Waals surface area contributed by atoms with Gasteiger partial charge in [-0.25, -0.2) is 0 Å². The lowest BCUT2D eigenvalue weighted by Crippen LogP contribution is -2.32. The second-order valence-corrected chi connectivity index (χ2v) is 10.0. The molecule has 164 valence electrons. The average molecular weight is 438 g/mol. The number of anilines is 1. The molecule has 1 amide bonds. The minimum Gasteiger partial charge on any atom is -0.493 e. The van der Waals surface area contributed by atoms with Crippen molar-refractivity contribution in [2.75, 3.05) is 25.6 Å². The molecule has 0 spiro atoms. The number of fused-ring (bicyclic) bond motifs is 2. The van der Waals surface area contributed by atoms with Crippen molar-refractivity contribution in [1.29, 1.82) is 0 Å². The van der Waals surface area contributed by atoms with Crippen LogP contribution < -0.4 is 15.0 Å². The lowest BCUT2D eigenvalue weighted by molar-refractivity contribution is 0.0929. The molecule has 6 heteroatoms. The van der Waals surface area contributed by atoms with E-state index in [0.717, 1.165) is 44.9 Å². The fraction of sp³-hybridized carbons (Fsp3) is 0.440. The molecule has 0 aliphatic carbocycles. The molecule has 1 unspecified atom stereocenters. The van der Waals surface area contributed by atoms with Crippen molar-refractivity contribution >= 4 is 33.1 Å². The number of carbonyl (C=O) groups is 1. The number of hydrogen-bond donors (Lipinski definition) is 1. The maximum absolute atomic E-state index is 13.5. The summed E-state index contributed by atoms with van der Waals surface area (Å²) < 4.78 is 6.88. The molecule has 2 atom stereocenters. The molecular formula is C25H31N3O2S. The molecule has 1 aromatic carbocycles. The van der Waals surface area contributed by atoms with Crippen molar-refractivity contribution < 1.29 is 9.53 Å². The maximum atomic E-state index is 13.5. The summed E-state index contributed by atoms with van der Waals surface area (Å²) in [7, 11) is 3.96. The van der Waals surface area contributed by atoms with Gasteiger partial charge >= 0.3 is 0 Å². The summed E-state index contributed by atoms with van der Waals surface area (Å²) in [5.74, 6) is 1.84. The van der Waals surface area contributed by atoms with Crippen LogP contribution in [0, 0.1) is 5.92 Å². The van der Waals surface area contributed by atoms with Crippen LogP contribution in [-0.4, -0.2) is 31.6 Å². The summed E-state index contributed by atoms with van der Waals surface area (Å²) in [6, 6.07) is 10.0. The van der Waals surface area contributed by atoms with Crippen LogP contribution >= 0.6 is 11.3 Å². The lowest BCUT2D eigenvalue weighted by atomic mass is 9.92. The number of amides is 1. The molecule has 1 N–H and O–H groups in total. The van der Waals surface area contributed by atoms with Crippen LogP contribution in [0.15, 0.2) is 36.5 Å². The summed E-state index contributed by atoms with van der Waals surface area (Å²) in [6.45, 7) is 7.37. The second kappa shape index (κ2) is 8.87. The summed E-state index contributed by atoms with van der Waals surface area (Å²) in [5.41, 5.74) is 4.14. The van der Waals surface area contributed by atoms with Crippen molar-refractivity contribution in [3.8, 4) is 5.75 Å². The first kappa shape index (κ1) is 21.6. The highest BCUT2D eigenvalue weighted by atomic mass is 32.1. The van der Waals surface area contributed by atoms with E-state index in [4.69, 9.17) is 4.74 Å². The highest BCUT2D eigenvalue weighted by Gasteiger charge is 2.28. The number of aromatic nitrogens is 1. The van der Waals surface area contributed by atoms with Crippen molar-refractivity contribution in [2.45, 2.75) is 45.6 Å². The van der Waals surface area contributed by atoms with Crippen LogP contribution in [0.1, 0.15) is 66.4 Å². The van der Waals surface area contributed by atoms with Crippen molar-refractivity contribution in [1.82, 2.24) is 10.3 Å². The third-order valence-corrected chi connectivity index (χ3v) is 7.07. The third-order valence-electron chi connectivity index (χ3n) is 5.85. The minimum absolute atomic E-state index is 0.0455. The molecule has 2 aromatic heterocycles. The minimum atomic E-state index is -0.0510. The van der Waals surface area contributed by atoms with Gasteiger partial charge in [0.15, 0.2) is 0 Å². The Labute approximate surface area is 188 Å². The Hall–Kier alpha value is -2.60. The SMILES string of the molecule is CC(C)CC(C)c1ccnc2c(N(C)C)c(C(=O)N[C@H]3CCOc4ccccc43)sc12. The molecule has 0 radical (unpaired) electrons. The number of pyridine rings is 1. The maximum Gasteiger partial charge on any atom is 0.264 e. The highest BCUT2D eigenvalue weighted by Crippen LogP contribution is 2.41. The van der Waals surface area contributed by atoms with Gasteiger partial charge in [-0.15, -0.1) is 11.3 Å². The van der Waals surface area contributed by atoms with Gasteiger partial charge in [-0.2, -0.15) is 0 Å². The summed E-state index contributed by atoms with van der Waals surface area (Å²) in [6.07, 6.45) is 3.75.